The van der Waals surface area contributed by atoms with Crippen LogP contribution in [0.25, 0.3) is 0 Å². The first-order valence-corrected chi connectivity index (χ1v) is 7.32. The van der Waals surface area contributed by atoms with E-state index in [-0.39, 0.29) is 11.8 Å². The molecule has 0 aromatic carbocycles. The van der Waals surface area contributed by atoms with Crippen LogP contribution in [-0.2, 0) is 14.3 Å². The van der Waals surface area contributed by atoms with E-state index in [2.05, 4.69) is 4.90 Å². The van der Waals surface area contributed by atoms with Crippen molar-refractivity contribution >= 4 is 11.9 Å². The van der Waals surface area contributed by atoms with Gasteiger partial charge in [-0.15, -0.1) is 0 Å². The average Bonchev–Trinajstić information content (AvgIpc) is 2.86. The first-order valence-electron chi connectivity index (χ1n) is 7.32. The number of aliphatic carboxylic acids is 1. The van der Waals surface area contributed by atoms with E-state index in [1.165, 1.54) is 0 Å². The third kappa shape index (κ3) is 3.93. The average molecular weight is 284 g/mol. The predicted molar refractivity (Wildman–Crippen MR) is 73.4 cm³/mol. The zero-order valence-corrected chi connectivity index (χ0v) is 12.1. The monoisotopic (exact) mass is 284 g/mol. The minimum atomic E-state index is -0.737. The molecule has 2 saturated heterocycles. The van der Waals surface area contributed by atoms with Crippen molar-refractivity contribution in [1.29, 1.82) is 0 Å². The molecule has 0 bridgehead atoms. The highest BCUT2D eigenvalue weighted by Crippen LogP contribution is 2.19. The Morgan fingerprint density at radius 2 is 1.90 bits per heavy atom. The van der Waals surface area contributed by atoms with Crippen molar-refractivity contribution in [2.24, 2.45) is 11.8 Å². The van der Waals surface area contributed by atoms with Crippen LogP contribution in [0.5, 0.6) is 0 Å². The van der Waals surface area contributed by atoms with Crippen molar-refractivity contribution in [1.82, 2.24) is 9.80 Å². The van der Waals surface area contributed by atoms with Crippen LogP contribution in [-0.4, -0.2) is 73.2 Å². The molecule has 0 aromatic heterocycles. The van der Waals surface area contributed by atoms with Gasteiger partial charge >= 0.3 is 5.97 Å². The summed E-state index contributed by atoms with van der Waals surface area (Å²) in [6.45, 7) is 4.24. The van der Waals surface area contributed by atoms with Crippen LogP contribution in [0, 0.1) is 11.8 Å². The van der Waals surface area contributed by atoms with E-state index >= 15 is 0 Å². The Labute approximate surface area is 119 Å². The van der Waals surface area contributed by atoms with Gasteiger partial charge in [-0.1, -0.05) is 0 Å². The Hall–Kier alpha value is -1.14. The second kappa shape index (κ2) is 7.04. The maximum atomic E-state index is 12.2. The molecule has 2 aliphatic heterocycles. The lowest BCUT2D eigenvalue weighted by molar-refractivity contribution is -0.145. The molecule has 1 amide bonds. The lowest BCUT2D eigenvalue weighted by atomic mass is 9.97. The van der Waals surface area contributed by atoms with E-state index in [1.807, 2.05) is 4.90 Å². The van der Waals surface area contributed by atoms with E-state index in [0.29, 0.717) is 38.4 Å². The molecule has 2 heterocycles. The van der Waals surface area contributed by atoms with Gasteiger partial charge in [0.2, 0.25) is 5.91 Å². The molecular formula is C14H24N2O4. The smallest absolute Gasteiger partial charge is 0.306 e. The molecule has 0 aliphatic carbocycles. The summed E-state index contributed by atoms with van der Waals surface area (Å²) in [6.07, 6.45) is 2.24. The molecule has 1 N–H and O–H groups in total. The second-order valence-electron chi connectivity index (χ2n) is 5.84. The number of methoxy groups -OCH3 is 1. The predicted octanol–water partition coefficient (Wildman–Crippen LogP) is 0.278. The van der Waals surface area contributed by atoms with Crippen LogP contribution >= 0.6 is 0 Å². The van der Waals surface area contributed by atoms with Crippen molar-refractivity contribution in [2.45, 2.75) is 19.3 Å². The molecule has 2 rings (SSSR count). The number of piperidine rings is 1. The highest BCUT2D eigenvalue weighted by molar-refractivity contribution is 5.79. The Balaban J connectivity index is 1.72. The second-order valence-corrected chi connectivity index (χ2v) is 5.84. The van der Waals surface area contributed by atoms with Crippen molar-refractivity contribution in [3.05, 3.63) is 0 Å². The minimum Gasteiger partial charge on any atom is -0.481 e. The summed E-state index contributed by atoms with van der Waals surface area (Å²) in [5, 5.41) is 8.95. The summed E-state index contributed by atoms with van der Waals surface area (Å²) >= 11 is 0. The fourth-order valence-corrected chi connectivity index (χ4v) is 3.10. The SMILES string of the molecule is COCC1CCN(CC(=O)N2CCC(C(=O)O)CC2)C1. The first-order chi connectivity index (χ1) is 9.60. The fourth-order valence-electron chi connectivity index (χ4n) is 3.10. The van der Waals surface area contributed by atoms with E-state index in [9.17, 15) is 9.59 Å². The largest absolute Gasteiger partial charge is 0.481 e. The van der Waals surface area contributed by atoms with Gasteiger partial charge in [0.25, 0.3) is 0 Å². The van der Waals surface area contributed by atoms with Gasteiger partial charge < -0.3 is 14.7 Å². The van der Waals surface area contributed by atoms with Crippen molar-refractivity contribution in [3.8, 4) is 0 Å². The number of carbonyl (C=O) groups is 2. The Kier molecular flexibility index (Phi) is 5.37. The number of carbonyl (C=O) groups excluding carboxylic acids is 1. The van der Waals surface area contributed by atoms with Crippen LogP contribution in [0.3, 0.4) is 0 Å². The quantitative estimate of drug-likeness (QED) is 0.785. The summed E-state index contributed by atoms with van der Waals surface area (Å²) in [6, 6.07) is 0. The molecule has 1 unspecified atom stereocenters. The number of carboxylic acids is 1. The molecule has 114 valence electrons. The molecule has 0 radical (unpaired) electrons. The van der Waals surface area contributed by atoms with Crippen LogP contribution in [0.1, 0.15) is 19.3 Å². The number of carboxylic acid groups (broad SMARTS) is 1. The molecule has 1 atom stereocenters. The van der Waals surface area contributed by atoms with Gasteiger partial charge in [0, 0.05) is 26.7 Å². The van der Waals surface area contributed by atoms with E-state index in [1.54, 1.807) is 7.11 Å². The first kappa shape index (κ1) is 15.3. The number of nitrogens with zero attached hydrogens (tertiary/aromatic N) is 2. The molecular weight excluding hydrogens is 260 g/mol. The summed E-state index contributed by atoms with van der Waals surface area (Å²) in [5.41, 5.74) is 0. The minimum absolute atomic E-state index is 0.131. The normalized spacial score (nSPS) is 25.1. The molecule has 2 fully saturated rings. The maximum absolute atomic E-state index is 12.2. The van der Waals surface area contributed by atoms with Crippen LogP contribution in [0.2, 0.25) is 0 Å². The highest BCUT2D eigenvalue weighted by Gasteiger charge is 2.29. The number of ether oxygens (including phenoxy) is 1. The van der Waals surface area contributed by atoms with Gasteiger partial charge in [0.05, 0.1) is 19.1 Å². The number of hydrogen-bond donors (Lipinski definition) is 1. The van der Waals surface area contributed by atoms with E-state index < -0.39 is 5.97 Å². The summed E-state index contributed by atoms with van der Waals surface area (Å²) in [4.78, 5) is 27.1. The van der Waals surface area contributed by atoms with Gasteiger partial charge in [-0.25, -0.2) is 0 Å². The standard InChI is InChI=1S/C14H24N2O4/c1-20-10-11-2-5-15(8-11)9-13(17)16-6-3-12(4-7-16)14(18)19/h11-12H,2-10H2,1H3,(H,18,19). The number of likely N-dealkylation sites (tertiary alicyclic amines) is 2. The van der Waals surface area contributed by atoms with Gasteiger partial charge in [-0.3, -0.25) is 14.5 Å². The Bertz CT molecular complexity index is 353. The van der Waals surface area contributed by atoms with Gasteiger partial charge in [-0.05, 0) is 31.7 Å². The molecule has 20 heavy (non-hydrogen) atoms. The Morgan fingerprint density at radius 3 is 2.50 bits per heavy atom. The van der Waals surface area contributed by atoms with Crippen LogP contribution in [0.4, 0.5) is 0 Å². The molecule has 0 spiro atoms. The van der Waals surface area contributed by atoms with E-state index in [0.717, 1.165) is 26.1 Å². The highest BCUT2D eigenvalue weighted by atomic mass is 16.5. The lowest BCUT2D eigenvalue weighted by Gasteiger charge is -2.31. The van der Waals surface area contributed by atoms with Crippen LogP contribution < -0.4 is 0 Å². The van der Waals surface area contributed by atoms with E-state index in [4.69, 9.17) is 9.84 Å². The third-order valence-electron chi connectivity index (χ3n) is 4.33. The summed E-state index contributed by atoms with van der Waals surface area (Å²) in [7, 11) is 1.71. The molecule has 6 heteroatoms. The fraction of sp³-hybridized carbons (Fsp3) is 0.857. The van der Waals surface area contributed by atoms with Gasteiger partial charge in [0.1, 0.15) is 0 Å². The molecule has 6 nitrogen and oxygen atoms in total. The molecule has 0 aromatic rings. The van der Waals surface area contributed by atoms with Gasteiger partial charge in [-0.2, -0.15) is 0 Å². The number of hydrogen-bond acceptors (Lipinski definition) is 4. The molecule has 2 aliphatic rings. The lowest BCUT2D eigenvalue weighted by Crippen LogP contribution is -2.44. The zero-order chi connectivity index (χ0) is 14.5. The third-order valence-corrected chi connectivity index (χ3v) is 4.33. The summed E-state index contributed by atoms with van der Waals surface area (Å²) in [5.74, 6) is -0.353. The topological polar surface area (TPSA) is 70.1 Å². The molecule has 0 saturated carbocycles. The van der Waals surface area contributed by atoms with Crippen molar-refractivity contribution in [3.63, 3.8) is 0 Å². The number of amides is 1. The van der Waals surface area contributed by atoms with Crippen molar-refractivity contribution in [2.75, 3.05) is 46.4 Å². The van der Waals surface area contributed by atoms with Gasteiger partial charge in [0.15, 0.2) is 0 Å². The zero-order valence-electron chi connectivity index (χ0n) is 12.1. The van der Waals surface area contributed by atoms with Crippen LogP contribution in [0.15, 0.2) is 0 Å². The number of rotatable bonds is 5. The Morgan fingerprint density at radius 1 is 1.20 bits per heavy atom. The maximum Gasteiger partial charge on any atom is 0.306 e. The van der Waals surface area contributed by atoms with Crippen molar-refractivity contribution < 1.29 is 19.4 Å². The summed E-state index contributed by atoms with van der Waals surface area (Å²) < 4.78 is 5.15.